The molecule has 8 nitrogen and oxygen atoms in total. The van der Waals surface area contributed by atoms with Crippen LogP contribution in [0.15, 0.2) is 35.6 Å². The number of rotatable bonds is 5. The van der Waals surface area contributed by atoms with Crippen LogP contribution >= 0.6 is 0 Å². The van der Waals surface area contributed by atoms with Gasteiger partial charge in [0.25, 0.3) is 0 Å². The van der Waals surface area contributed by atoms with Gasteiger partial charge in [-0.1, -0.05) is 12.1 Å². The molecule has 146 valence electrons. The summed E-state index contributed by atoms with van der Waals surface area (Å²) in [6.45, 7) is 2.73. The van der Waals surface area contributed by atoms with Crippen molar-refractivity contribution in [2.24, 2.45) is 12.0 Å². The van der Waals surface area contributed by atoms with Crippen molar-refractivity contribution in [3.63, 3.8) is 0 Å². The standard InChI is InChI=1S/C19H27N5O3/c1-20-19(21-10-14-6-5-7-16(25-3)18(14)26-4)24-8-9-27-17(13-24)15-11-22-23(2)12-15/h5-7,11-12,17H,8-10,13H2,1-4H3,(H,20,21). The number of aliphatic imine (C=N–C) groups is 1. The number of hydrogen-bond acceptors (Lipinski definition) is 5. The summed E-state index contributed by atoms with van der Waals surface area (Å²) in [4.78, 5) is 6.64. The molecule has 0 radical (unpaired) electrons. The zero-order chi connectivity index (χ0) is 19.2. The summed E-state index contributed by atoms with van der Waals surface area (Å²) in [5.74, 6) is 2.28. The van der Waals surface area contributed by atoms with Gasteiger partial charge < -0.3 is 24.4 Å². The number of methoxy groups -OCH3 is 2. The number of nitrogens with zero attached hydrogens (tertiary/aromatic N) is 4. The Bertz CT molecular complexity index is 789. The van der Waals surface area contributed by atoms with E-state index in [2.05, 4.69) is 20.3 Å². The van der Waals surface area contributed by atoms with Crippen LogP contribution in [0.25, 0.3) is 0 Å². The van der Waals surface area contributed by atoms with Gasteiger partial charge >= 0.3 is 0 Å². The van der Waals surface area contributed by atoms with Crippen LogP contribution in [0.3, 0.4) is 0 Å². The molecule has 1 N–H and O–H groups in total. The number of ether oxygens (including phenoxy) is 3. The molecular formula is C19H27N5O3. The van der Waals surface area contributed by atoms with Crippen LogP contribution in [0.4, 0.5) is 0 Å². The van der Waals surface area contributed by atoms with Crippen molar-refractivity contribution >= 4 is 5.96 Å². The summed E-state index contributed by atoms with van der Waals surface area (Å²) in [5, 5.41) is 7.66. The van der Waals surface area contributed by atoms with Crippen molar-refractivity contribution in [2.75, 3.05) is 41.0 Å². The Labute approximate surface area is 159 Å². The molecule has 1 aromatic carbocycles. The maximum absolute atomic E-state index is 5.92. The molecule has 1 aliphatic rings. The molecule has 2 heterocycles. The predicted octanol–water partition coefficient (Wildman–Crippen LogP) is 1.59. The second-order valence-electron chi connectivity index (χ2n) is 6.31. The molecule has 27 heavy (non-hydrogen) atoms. The van der Waals surface area contributed by atoms with E-state index in [1.54, 1.807) is 25.9 Å². The first kappa shape index (κ1) is 19.0. The number of hydrogen-bond donors (Lipinski definition) is 1. The van der Waals surface area contributed by atoms with Gasteiger partial charge in [-0.3, -0.25) is 9.67 Å². The lowest BCUT2D eigenvalue weighted by Crippen LogP contribution is -2.47. The first-order valence-corrected chi connectivity index (χ1v) is 8.92. The van der Waals surface area contributed by atoms with Crippen LogP contribution in [-0.2, 0) is 18.3 Å². The minimum atomic E-state index is -0.0163. The third-order valence-electron chi connectivity index (χ3n) is 4.60. The molecule has 0 spiro atoms. The number of guanidine groups is 1. The minimum absolute atomic E-state index is 0.0163. The van der Waals surface area contributed by atoms with Crippen LogP contribution in [-0.4, -0.2) is 61.6 Å². The first-order valence-electron chi connectivity index (χ1n) is 8.92. The zero-order valence-corrected chi connectivity index (χ0v) is 16.3. The van der Waals surface area contributed by atoms with Gasteiger partial charge in [0, 0.05) is 44.5 Å². The molecule has 0 bridgehead atoms. The Hall–Kier alpha value is -2.74. The molecule has 1 aromatic heterocycles. The molecule has 0 aliphatic carbocycles. The number of para-hydroxylation sites is 1. The SMILES string of the molecule is CN=C(NCc1cccc(OC)c1OC)N1CCOC(c2cnn(C)c2)C1. The van der Waals surface area contributed by atoms with Crippen molar-refractivity contribution in [2.45, 2.75) is 12.6 Å². The average molecular weight is 373 g/mol. The van der Waals surface area contributed by atoms with Crippen molar-refractivity contribution in [3.8, 4) is 11.5 Å². The van der Waals surface area contributed by atoms with E-state index < -0.39 is 0 Å². The van der Waals surface area contributed by atoms with Gasteiger partial charge in [-0.25, -0.2) is 0 Å². The number of benzene rings is 1. The molecule has 1 unspecified atom stereocenters. The zero-order valence-electron chi connectivity index (χ0n) is 16.3. The molecule has 8 heteroatoms. The first-order chi connectivity index (χ1) is 13.2. The molecule has 1 saturated heterocycles. The van der Waals surface area contributed by atoms with Gasteiger partial charge in [0.05, 0.1) is 33.6 Å². The van der Waals surface area contributed by atoms with E-state index in [-0.39, 0.29) is 6.10 Å². The molecule has 1 fully saturated rings. The van der Waals surface area contributed by atoms with Gasteiger partial charge in [0.15, 0.2) is 17.5 Å². The lowest BCUT2D eigenvalue weighted by molar-refractivity contribution is -0.00805. The van der Waals surface area contributed by atoms with Crippen LogP contribution in [0.5, 0.6) is 11.5 Å². The summed E-state index contributed by atoms with van der Waals surface area (Å²) in [5.41, 5.74) is 2.09. The van der Waals surface area contributed by atoms with E-state index >= 15 is 0 Å². The third-order valence-corrected chi connectivity index (χ3v) is 4.60. The van der Waals surface area contributed by atoms with Gasteiger partial charge in [-0.15, -0.1) is 0 Å². The third kappa shape index (κ3) is 4.33. The van der Waals surface area contributed by atoms with Gasteiger partial charge in [0.1, 0.15) is 6.10 Å². The van der Waals surface area contributed by atoms with E-state index in [1.165, 1.54) is 0 Å². The Morgan fingerprint density at radius 2 is 2.22 bits per heavy atom. The molecule has 0 amide bonds. The Morgan fingerprint density at radius 3 is 2.89 bits per heavy atom. The average Bonchev–Trinajstić information content (AvgIpc) is 3.14. The second-order valence-corrected chi connectivity index (χ2v) is 6.31. The van der Waals surface area contributed by atoms with Gasteiger partial charge in [-0.2, -0.15) is 5.10 Å². The van der Waals surface area contributed by atoms with Crippen molar-refractivity contribution < 1.29 is 14.2 Å². The Morgan fingerprint density at radius 1 is 1.37 bits per heavy atom. The molecule has 1 atom stereocenters. The summed E-state index contributed by atoms with van der Waals surface area (Å²) < 4.78 is 18.6. The molecule has 1 aliphatic heterocycles. The fourth-order valence-corrected chi connectivity index (χ4v) is 3.25. The summed E-state index contributed by atoms with van der Waals surface area (Å²) in [6.07, 6.45) is 3.83. The number of aryl methyl sites for hydroxylation is 1. The van der Waals surface area contributed by atoms with Crippen LogP contribution in [0.1, 0.15) is 17.2 Å². The second kappa shape index (κ2) is 8.77. The highest BCUT2D eigenvalue weighted by Crippen LogP contribution is 2.30. The summed E-state index contributed by atoms with van der Waals surface area (Å²) in [6, 6.07) is 5.85. The maximum atomic E-state index is 5.92. The van der Waals surface area contributed by atoms with Crippen molar-refractivity contribution in [3.05, 3.63) is 41.7 Å². The minimum Gasteiger partial charge on any atom is -0.493 e. The molecule has 0 saturated carbocycles. The lowest BCUT2D eigenvalue weighted by Gasteiger charge is -2.34. The molecule has 2 aromatic rings. The highest BCUT2D eigenvalue weighted by molar-refractivity contribution is 5.80. The van der Waals surface area contributed by atoms with Crippen molar-refractivity contribution in [1.29, 1.82) is 0 Å². The molecular weight excluding hydrogens is 346 g/mol. The Balaban J connectivity index is 1.67. The highest BCUT2D eigenvalue weighted by Gasteiger charge is 2.25. The van der Waals surface area contributed by atoms with E-state index in [9.17, 15) is 0 Å². The van der Waals surface area contributed by atoms with Crippen LogP contribution < -0.4 is 14.8 Å². The monoisotopic (exact) mass is 373 g/mol. The largest absolute Gasteiger partial charge is 0.493 e. The smallest absolute Gasteiger partial charge is 0.194 e. The fraction of sp³-hybridized carbons (Fsp3) is 0.474. The number of morpholine rings is 1. The maximum Gasteiger partial charge on any atom is 0.194 e. The Kier molecular flexibility index (Phi) is 6.18. The predicted molar refractivity (Wildman–Crippen MR) is 103 cm³/mol. The van der Waals surface area contributed by atoms with E-state index in [1.807, 2.05) is 37.6 Å². The number of aromatic nitrogens is 2. The van der Waals surface area contributed by atoms with E-state index in [0.717, 1.165) is 41.7 Å². The van der Waals surface area contributed by atoms with Gasteiger partial charge in [0.2, 0.25) is 0 Å². The summed E-state index contributed by atoms with van der Waals surface area (Å²) in [7, 11) is 6.99. The molecule has 3 rings (SSSR count). The lowest BCUT2D eigenvalue weighted by atomic mass is 10.1. The fourth-order valence-electron chi connectivity index (χ4n) is 3.25. The van der Waals surface area contributed by atoms with Crippen molar-refractivity contribution in [1.82, 2.24) is 20.0 Å². The normalized spacial score (nSPS) is 17.7. The van der Waals surface area contributed by atoms with Crippen LogP contribution in [0.2, 0.25) is 0 Å². The van der Waals surface area contributed by atoms with E-state index in [0.29, 0.717) is 13.2 Å². The quantitative estimate of drug-likeness (QED) is 0.634. The van der Waals surface area contributed by atoms with E-state index in [4.69, 9.17) is 14.2 Å². The topological polar surface area (TPSA) is 73.1 Å². The van der Waals surface area contributed by atoms with Gasteiger partial charge in [-0.05, 0) is 6.07 Å². The summed E-state index contributed by atoms with van der Waals surface area (Å²) >= 11 is 0. The highest BCUT2D eigenvalue weighted by atomic mass is 16.5. The van der Waals surface area contributed by atoms with Crippen LogP contribution in [0, 0.1) is 0 Å². The number of nitrogens with one attached hydrogen (secondary N) is 1.